The van der Waals surface area contributed by atoms with Crippen molar-refractivity contribution in [3.05, 3.63) is 76.7 Å². The molecular weight excluding hydrogens is 681 g/mol. The Morgan fingerprint density at radius 1 is 1.14 bits per heavy atom. The van der Waals surface area contributed by atoms with Gasteiger partial charge in [-0.05, 0) is 69.0 Å². The molecule has 14 heteroatoms. The number of methoxy groups -OCH3 is 1. The largest absolute Gasteiger partial charge is 0.467 e. The molecule has 10 nitrogen and oxygen atoms in total. The van der Waals surface area contributed by atoms with E-state index in [4.69, 9.17) is 16.3 Å². The van der Waals surface area contributed by atoms with Crippen LogP contribution in [0.1, 0.15) is 36.9 Å². The first-order valence-electron chi connectivity index (χ1n) is 17.0. The van der Waals surface area contributed by atoms with Crippen LogP contribution in [0.2, 0.25) is 5.02 Å². The van der Waals surface area contributed by atoms with Crippen LogP contribution in [0, 0.1) is 12.7 Å². The number of alkyl halides is 1. The lowest BCUT2D eigenvalue weighted by atomic mass is 9.97. The lowest BCUT2D eigenvalue weighted by Gasteiger charge is -2.27. The maximum absolute atomic E-state index is 16.3. The van der Waals surface area contributed by atoms with Gasteiger partial charge >= 0.3 is 6.01 Å². The van der Waals surface area contributed by atoms with E-state index in [2.05, 4.69) is 30.0 Å². The standard InChI is InChI=1S/C30H26ClF2N7O2.C7H12FN/c1-16-12-23-21(14-35-38-23)24(25(16)31)19-7-8-20-27(26(19)33)36-30(42-3)37-28(20)39(2)18-9-11-40(15-18)29(41)22(32)13-17-6-4-5-10-34-17;8-6-4-7-2-1-3-9(7)5-6/h4-8,10,12-14,18H,9,11,15H2,1-3H3,(H,35,38);6-7H,1-5H2/b22-13-;. The van der Waals surface area contributed by atoms with E-state index in [9.17, 15) is 13.6 Å². The number of pyridine rings is 1. The highest BCUT2D eigenvalue weighted by molar-refractivity contribution is 6.36. The van der Waals surface area contributed by atoms with Gasteiger partial charge in [0, 0.05) is 72.9 Å². The highest BCUT2D eigenvalue weighted by Gasteiger charge is 2.35. The SMILES string of the molecule is COc1nc(N(C)C2CCN(C(=O)/C(F)=C/c3ccccn3)C2)c2ccc(-c3c(Cl)c(C)cc4[nH]ncc34)c(F)c2n1.FC1CC2CCCN2C1. The third-order valence-corrected chi connectivity index (χ3v) is 10.5. The first kappa shape index (κ1) is 34.7. The fourth-order valence-corrected chi connectivity index (χ4v) is 7.65. The molecule has 1 amide bonds. The normalized spacial score (nSPS) is 20.5. The number of carbonyl (C=O) groups is 1. The van der Waals surface area contributed by atoms with Crippen LogP contribution in [0.3, 0.4) is 0 Å². The summed E-state index contributed by atoms with van der Waals surface area (Å²) >= 11 is 6.68. The van der Waals surface area contributed by atoms with Gasteiger partial charge in [-0.25, -0.2) is 13.2 Å². The van der Waals surface area contributed by atoms with Gasteiger partial charge in [0.2, 0.25) is 0 Å². The molecule has 3 fully saturated rings. The number of rotatable bonds is 6. The summed E-state index contributed by atoms with van der Waals surface area (Å²) in [5.41, 5.74) is 2.71. The Bertz CT molecular complexity index is 2100. The van der Waals surface area contributed by atoms with Gasteiger partial charge in [0.15, 0.2) is 11.6 Å². The number of halogens is 4. The molecule has 6 heterocycles. The monoisotopic (exact) mass is 718 g/mol. The van der Waals surface area contributed by atoms with Crippen LogP contribution in [0.25, 0.3) is 39.0 Å². The van der Waals surface area contributed by atoms with Gasteiger partial charge in [0.25, 0.3) is 5.91 Å². The summed E-state index contributed by atoms with van der Waals surface area (Å²) in [6.07, 6.45) is 7.64. The molecule has 0 saturated carbocycles. The van der Waals surface area contributed by atoms with E-state index in [1.807, 2.05) is 17.9 Å². The summed E-state index contributed by atoms with van der Waals surface area (Å²) in [5, 5.41) is 8.58. The van der Waals surface area contributed by atoms with E-state index in [1.165, 1.54) is 31.0 Å². The molecule has 0 bridgehead atoms. The summed E-state index contributed by atoms with van der Waals surface area (Å²) < 4.78 is 49.0. The molecule has 3 saturated heterocycles. The molecule has 266 valence electrons. The van der Waals surface area contributed by atoms with Gasteiger partial charge < -0.3 is 14.5 Å². The number of anilines is 1. The van der Waals surface area contributed by atoms with Gasteiger partial charge in [-0.1, -0.05) is 23.7 Å². The average molecular weight is 719 g/mol. The van der Waals surface area contributed by atoms with Crippen molar-refractivity contribution in [3.8, 4) is 17.1 Å². The van der Waals surface area contributed by atoms with E-state index in [1.54, 1.807) is 43.6 Å². The number of hydrogen-bond donors (Lipinski definition) is 1. The van der Waals surface area contributed by atoms with Crippen molar-refractivity contribution >= 4 is 51.2 Å². The smallest absolute Gasteiger partial charge is 0.318 e. The molecule has 5 aromatic rings. The Morgan fingerprint density at radius 2 is 1.98 bits per heavy atom. The van der Waals surface area contributed by atoms with E-state index >= 15 is 4.39 Å². The van der Waals surface area contributed by atoms with Crippen LogP contribution < -0.4 is 9.64 Å². The second-order valence-corrected chi connectivity index (χ2v) is 13.6. The molecule has 3 aliphatic rings. The fourth-order valence-electron chi connectivity index (χ4n) is 7.39. The number of benzene rings is 2. The van der Waals surface area contributed by atoms with Gasteiger partial charge in [-0.15, -0.1) is 0 Å². The highest BCUT2D eigenvalue weighted by atomic mass is 35.5. The maximum atomic E-state index is 16.3. The minimum absolute atomic E-state index is 0.0144. The fraction of sp³-hybridized carbons (Fsp3) is 0.378. The Morgan fingerprint density at radius 3 is 2.75 bits per heavy atom. The number of ether oxygens (including phenoxy) is 1. The second-order valence-electron chi connectivity index (χ2n) is 13.2. The molecule has 3 aromatic heterocycles. The molecule has 3 aliphatic heterocycles. The van der Waals surface area contributed by atoms with Crippen LogP contribution in [-0.4, -0.2) is 99.4 Å². The van der Waals surface area contributed by atoms with Gasteiger partial charge in [-0.2, -0.15) is 15.1 Å². The van der Waals surface area contributed by atoms with Crippen LogP contribution >= 0.6 is 11.6 Å². The van der Waals surface area contributed by atoms with Crippen molar-refractivity contribution in [2.45, 2.75) is 50.9 Å². The molecule has 8 rings (SSSR count). The number of aromatic amines is 1. The molecule has 2 aromatic carbocycles. The number of fused-ring (bicyclic) bond motifs is 3. The Labute approximate surface area is 298 Å². The van der Waals surface area contributed by atoms with Crippen molar-refractivity contribution < 1.29 is 22.7 Å². The summed E-state index contributed by atoms with van der Waals surface area (Å²) in [4.78, 5) is 31.3. The number of likely N-dealkylation sites (N-methyl/N-ethyl adjacent to an activating group) is 1. The van der Waals surface area contributed by atoms with Gasteiger partial charge in [-0.3, -0.25) is 19.8 Å². The summed E-state index contributed by atoms with van der Waals surface area (Å²) in [5.74, 6) is -1.75. The number of nitrogens with zero attached hydrogens (tertiary/aromatic N) is 7. The molecule has 0 radical (unpaired) electrons. The molecule has 0 spiro atoms. The van der Waals surface area contributed by atoms with Gasteiger partial charge in [0.1, 0.15) is 17.5 Å². The quantitative estimate of drug-likeness (QED) is 0.189. The van der Waals surface area contributed by atoms with E-state index in [0.717, 1.165) is 30.1 Å². The topological polar surface area (TPSA) is 103 Å². The third kappa shape index (κ3) is 6.84. The minimum atomic E-state index is -0.887. The molecule has 3 atom stereocenters. The Hall–Kier alpha value is -4.75. The predicted molar refractivity (Wildman–Crippen MR) is 192 cm³/mol. The average Bonchev–Trinajstić information content (AvgIpc) is 3.95. The van der Waals surface area contributed by atoms with E-state index < -0.39 is 23.7 Å². The maximum Gasteiger partial charge on any atom is 0.318 e. The lowest BCUT2D eigenvalue weighted by Crippen LogP contribution is -2.37. The highest BCUT2D eigenvalue weighted by Crippen LogP contribution is 2.41. The zero-order chi connectivity index (χ0) is 35.8. The van der Waals surface area contributed by atoms with Crippen LogP contribution in [0.15, 0.2) is 54.6 Å². The first-order valence-corrected chi connectivity index (χ1v) is 17.4. The third-order valence-electron chi connectivity index (χ3n) is 10.0. The minimum Gasteiger partial charge on any atom is -0.467 e. The predicted octanol–water partition coefficient (Wildman–Crippen LogP) is 6.92. The van der Waals surface area contributed by atoms with Crippen molar-refractivity contribution in [2.75, 3.05) is 45.2 Å². The number of likely N-dealkylation sites (tertiary alicyclic amines) is 1. The number of amides is 1. The Kier molecular flexibility index (Phi) is 9.84. The Balaban J connectivity index is 0.000000389. The number of hydrogen-bond acceptors (Lipinski definition) is 8. The summed E-state index contributed by atoms with van der Waals surface area (Å²) in [6.45, 7) is 4.31. The lowest BCUT2D eigenvalue weighted by molar-refractivity contribution is -0.127. The van der Waals surface area contributed by atoms with Crippen LogP contribution in [0.4, 0.5) is 19.0 Å². The van der Waals surface area contributed by atoms with Gasteiger partial charge in [0.05, 0.1) is 29.5 Å². The molecule has 1 N–H and O–H groups in total. The zero-order valence-electron chi connectivity index (χ0n) is 28.5. The molecule has 3 unspecified atom stereocenters. The zero-order valence-corrected chi connectivity index (χ0v) is 29.3. The number of carbonyl (C=O) groups excluding carboxylic acids is 1. The second kappa shape index (κ2) is 14.5. The number of aryl methyl sites for hydroxylation is 1. The van der Waals surface area contributed by atoms with Crippen LogP contribution in [0.5, 0.6) is 6.01 Å². The first-order chi connectivity index (χ1) is 24.6. The number of nitrogens with one attached hydrogen (secondary N) is 1. The molecular formula is C37H38ClF3N8O2. The van der Waals surface area contributed by atoms with E-state index in [0.29, 0.717) is 58.4 Å². The van der Waals surface area contributed by atoms with E-state index in [-0.39, 0.29) is 29.7 Å². The van der Waals surface area contributed by atoms with Crippen molar-refractivity contribution in [2.24, 2.45) is 0 Å². The van der Waals surface area contributed by atoms with Crippen LogP contribution in [-0.2, 0) is 4.79 Å². The van der Waals surface area contributed by atoms with Crippen molar-refractivity contribution in [1.29, 1.82) is 0 Å². The van der Waals surface area contributed by atoms with Crippen molar-refractivity contribution in [1.82, 2.24) is 34.9 Å². The summed E-state index contributed by atoms with van der Waals surface area (Å²) in [7, 11) is 3.21. The summed E-state index contributed by atoms with van der Waals surface area (Å²) in [6, 6.07) is 10.7. The van der Waals surface area contributed by atoms with Crippen molar-refractivity contribution in [3.63, 3.8) is 0 Å². The number of aromatic nitrogens is 5. The number of H-pyrrole nitrogens is 1. The molecule has 0 aliphatic carbocycles. The molecule has 51 heavy (non-hydrogen) atoms.